The number of hydrogen-bond donors (Lipinski definition) is 2. The Morgan fingerprint density at radius 2 is 2.14 bits per heavy atom. The van der Waals surface area contributed by atoms with Crippen molar-refractivity contribution in [3.8, 4) is 0 Å². The highest BCUT2D eigenvalue weighted by atomic mass is 79.9. The molecule has 4 nitrogen and oxygen atoms in total. The second-order valence-electron chi connectivity index (χ2n) is 4.76. The predicted molar refractivity (Wildman–Crippen MR) is 88.1 cm³/mol. The van der Waals surface area contributed by atoms with Crippen LogP contribution in [0.5, 0.6) is 0 Å². The molecule has 0 saturated carbocycles. The zero-order valence-corrected chi connectivity index (χ0v) is 13.5. The van der Waals surface area contributed by atoms with Gasteiger partial charge in [0, 0.05) is 35.9 Å². The van der Waals surface area contributed by atoms with Crippen molar-refractivity contribution in [2.45, 2.75) is 19.9 Å². The van der Waals surface area contributed by atoms with Crippen LogP contribution in [0, 0.1) is 6.92 Å². The molecular formula is C16H18BrN3O. The molecule has 110 valence electrons. The van der Waals surface area contributed by atoms with Gasteiger partial charge in [-0.1, -0.05) is 22.0 Å². The van der Waals surface area contributed by atoms with E-state index in [1.165, 1.54) is 0 Å². The van der Waals surface area contributed by atoms with Gasteiger partial charge >= 0.3 is 0 Å². The first-order valence-electron chi connectivity index (χ1n) is 6.82. The van der Waals surface area contributed by atoms with E-state index >= 15 is 0 Å². The largest absolute Gasteiger partial charge is 0.326 e. The van der Waals surface area contributed by atoms with Crippen LogP contribution in [-0.4, -0.2) is 17.4 Å². The number of aryl methyl sites for hydroxylation is 1. The molecule has 0 aliphatic carbocycles. The number of nitrogens with one attached hydrogen (secondary N) is 2. The van der Waals surface area contributed by atoms with E-state index in [9.17, 15) is 4.79 Å². The molecule has 1 amide bonds. The smallest absolute Gasteiger partial charge is 0.225 e. The molecule has 1 heterocycles. The van der Waals surface area contributed by atoms with Crippen molar-refractivity contribution in [3.63, 3.8) is 0 Å². The number of carbonyl (C=O) groups is 1. The number of benzene rings is 1. The fraction of sp³-hybridized carbons (Fsp3) is 0.250. The zero-order valence-electron chi connectivity index (χ0n) is 11.9. The van der Waals surface area contributed by atoms with Crippen LogP contribution >= 0.6 is 15.9 Å². The lowest BCUT2D eigenvalue weighted by Gasteiger charge is -2.08. The van der Waals surface area contributed by atoms with Crippen LogP contribution in [0.4, 0.5) is 5.69 Å². The summed E-state index contributed by atoms with van der Waals surface area (Å²) in [6, 6.07) is 11.6. The highest BCUT2D eigenvalue weighted by Crippen LogP contribution is 2.19. The van der Waals surface area contributed by atoms with Crippen LogP contribution < -0.4 is 10.6 Å². The van der Waals surface area contributed by atoms with Crippen LogP contribution in [-0.2, 0) is 11.3 Å². The average molecular weight is 348 g/mol. The Bertz CT molecular complexity index is 602. The van der Waals surface area contributed by atoms with Gasteiger partial charge in [-0.3, -0.25) is 9.78 Å². The number of nitrogens with zero attached hydrogens (tertiary/aromatic N) is 1. The van der Waals surface area contributed by atoms with Crippen molar-refractivity contribution < 1.29 is 4.79 Å². The number of hydrogen-bond acceptors (Lipinski definition) is 3. The first-order chi connectivity index (χ1) is 10.1. The van der Waals surface area contributed by atoms with Crippen LogP contribution in [0.2, 0.25) is 0 Å². The van der Waals surface area contributed by atoms with E-state index in [1.54, 1.807) is 6.20 Å². The molecule has 0 spiro atoms. The SMILES string of the molecule is Cc1cc(NC(=O)CCNCc2ccccn2)ccc1Br. The quantitative estimate of drug-likeness (QED) is 0.788. The van der Waals surface area contributed by atoms with Crippen molar-refractivity contribution in [1.29, 1.82) is 0 Å². The van der Waals surface area contributed by atoms with Crippen LogP contribution in [0.25, 0.3) is 0 Å². The summed E-state index contributed by atoms with van der Waals surface area (Å²) >= 11 is 3.44. The lowest BCUT2D eigenvalue weighted by atomic mass is 10.2. The van der Waals surface area contributed by atoms with Gasteiger partial charge in [-0.15, -0.1) is 0 Å². The van der Waals surface area contributed by atoms with Gasteiger partial charge in [-0.05, 0) is 42.8 Å². The van der Waals surface area contributed by atoms with Crippen molar-refractivity contribution in [1.82, 2.24) is 10.3 Å². The number of rotatable bonds is 6. The molecule has 1 aromatic heterocycles. The lowest BCUT2D eigenvalue weighted by molar-refractivity contribution is -0.116. The predicted octanol–water partition coefficient (Wildman–Crippen LogP) is 3.27. The molecular weight excluding hydrogens is 330 g/mol. The van der Waals surface area contributed by atoms with E-state index in [-0.39, 0.29) is 5.91 Å². The van der Waals surface area contributed by atoms with Crippen LogP contribution in [0.3, 0.4) is 0 Å². The minimum Gasteiger partial charge on any atom is -0.326 e. The fourth-order valence-corrected chi connectivity index (χ4v) is 2.11. The van der Waals surface area contributed by atoms with Gasteiger partial charge < -0.3 is 10.6 Å². The summed E-state index contributed by atoms with van der Waals surface area (Å²) in [6.07, 6.45) is 2.20. The fourth-order valence-electron chi connectivity index (χ4n) is 1.87. The molecule has 2 rings (SSSR count). The maximum absolute atomic E-state index is 11.8. The van der Waals surface area contributed by atoms with Crippen molar-refractivity contribution in [3.05, 3.63) is 58.3 Å². The summed E-state index contributed by atoms with van der Waals surface area (Å²) in [6.45, 7) is 3.29. The van der Waals surface area contributed by atoms with E-state index in [2.05, 4.69) is 31.5 Å². The summed E-state index contributed by atoms with van der Waals surface area (Å²) in [7, 11) is 0. The molecule has 0 aliphatic heterocycles. The van der Waals surface area contributed by atoms with Gasteiger partial charge in [0.1, 0.15) is 0 Å². The number of amides is 1. The summed E-state index contributed by atoms with van der Waals surface area (Å²) in [5.41, 5.74) is 2.90. The molecule has 2 N–H and O–H groups in total. The Morgan fingerprint density at radius 3 is 2.86 bits per heavy atom. The van der Waals surface area contributed by atoms with E-state index < -0.39 is 0 Å². The standard InChI is InChI=1S/C16H18BrN3O/c1-12-10-13(5-6-15(12)17)20-16(21)7-9-18-11-14-4-2-3-8-19-14/h2-6,8,10,18H,7,9,11H2,1H3,(H,20,21). The van der Waals surface area contributed by atoms with Gasteiger partial charge in [0.15, 0.2) is 0 Å². The maximum atomic E-state index is 11.8. The Morgan fingerprint density at radius 1 is 1.29 bits per heavy atom. The second kappa shape index (κ2) is 7.90. The third-order valence-corrected chi connectivity index (χ3v) is 3.89. The van der Waals surface area contributed by atoms with E-state index in [0.717, 1.165) is 21.4 Å². The number of carbonyl (C=O) groups excluding carboxylic acids is 1. The summed E-state index contributed by atoms with van der Waals surface area (Å²) < 4.78 is 1.04. The van der Waals surface area contributed by atoms with Gasteiger partial charge in [0.2, 0.25) is 5.91 Å². The van der Waals surface area contributed by atoms with Gasteiger partial charge in [0.05, 0.1) is 5.69 Å². The van der Waals surface area contributed by atoms with Crippen LogP contribution in [0.15, 0.2) is 47.1 Å². The average Bonchev–Trinajstić information content (AvgIpc) is 2.49. The molecule has 0 radical (unpaired) electrons. The third-order valence-electron chi connectivity index (χ3n) is 3.00. The minimum atomic E-state index is 0.00485. The number of halogens is 1. The van der Waals surface area contributed by atoms with Crippen LogP contribution in [0.1, 0.15) is 17.7 Å². The Hall–Kier alpha value is -1.72. The van der Waals surface area contributed by atoms with Gasteiger partial charge in [-0.2, -0.15) is 0 Å². The molecule has 1 aromatic carbocycles. The molecule has 0 aliphatic rings. The third kappa shape index (κ3) is 5.28. The molecule has 0 unspecified atom stereocenters. The molecule has 2 aromatic rings. The maximum Gasteiger partial charge on any atom is 0.225 e. The van der Waals surface area contributed by atoms with E-state index in [4.69, 9.17) is 0 Å². The molecule has 5 heteroatoms. The highest BCUT2D eigenvalue weighted by molar-refractivity contribution is 9.10. The number of aromatic nitrogens is 1. The molecule has 0 atom stereocenters. The Kier molecular flexibility index (Phi) is 5.90. The van der Waals surface area contributed by atoms with Gasteiger partial charge in [-0.25, -0.2) is 0 Å². The van der Waals surface area contributed by atoms with Crippen molar-refractivity contribution in [2.24, 2.45) is 0 Å². The molecule has 0 fully saturated rings. The summed E-state index contributed by atoms with van der Waals surface area (Å²) in [5, 5.41) is 6.10. The summed E-state index contributed by atoms with van der Waals surface area (Å²) in [4.78, 5) is 16.1. The lowest BCUT2D eigenvalue weighted by Crippen LogP contribution is -2.21. The Balaban J connectivity index is 1.71. The van der Waals surface area contributed by atoms with E-state index in [1.807, 2.05) is 43.3 Å². The minimum absolute atomic E-state index is 0.00485. The molecule has 0 saturated heterocycles. The second-order valence-corrected chi connectivity index (χ2v) is 5.61. The van der Waals surface area contributed by atoms with E-state index in [0.29, 0.717) is 19.5 Å². The molecule has 21 heavy (non-hydrogen) atoms. The topological polar surface area (TPSA) is 54.0 Å². The van der Waals surface area contributed by atoms with Crippen molar-refractivity contribution >= 4 is 27.5 Å². The molecule has 0 bridgehead atoms. The normalized spacial score (nSPS) is 10.4. The van der Waals surface area contributed by atoms with Gasteiger partial charge in [0.25, 0.3) is 0 Å². The monoisotopic (exact) mass is 347 g/mol. The first kappa shape index (κ1) is 15.7. The zero-order chi connectivity index (χ0) is 15.1. The number of pyridine rings is 1. The summed E-state index contributed by atoms with van der Waals surface area (Å²) in [5.74, 6) is 0.00485. The first-order valence-corrected chi connectivity index (χ1v) is 7.61. The Labute approximate surface area is 133 Å². The number of anilines is 1. The van der Waals surface area contributed by atoms with Crippen molar-refractivity contribution in [2.75, 3.05) is 11.9 Å². The highest BCUT2D eigenvalue weighted by Gasteiger charge is 2.03.